The van der Waals surface area contributed by atoms with Crippen LogP contribution < -0.4 is 10.0 Å². The average Bonchev–Trinajstić information content (AvgIpc) is 3.48. The smallest absolute Gasteiger partial charge is 0.253 e. The minimum absolute atomic E-state index is 0.0291. The lowest BCUT2D eigenvalue weighted by atomic mass is 10.1. The highest BCUT2D eigenvalue weighted by molar-refractivity contribution is 7.89. The summed E-state index contributed by atoms with van der Waals surface area (Å²) in [6, 6.07) is 19.7. The van der Waals surface area contributed by atoms with Crippen molar-refractivity contribution in [3.05, 3.63) is 103 Å². The molecule has 0 aliphatic heterocycles. The standard InChI is InChI=1S/C22H20N4O4S/c27-22(21(26-13-6-12-23-26)17-7-2-1-3-8-17)25-18-9-4-11-20(15-18)31(28,29)24-16-19-10-5-14-30-19/h1-15,21,24H,16H2,(H,25,27). The summed E-state index contributed by atoms with van der Waals surface area (Å²) in [5.74, 6) is 0.158. The summed E-state index contributed by atoms with van der Waals surface area (Å²) in [6.45, 7) is 0.0291. The molecule has 0 bridgehead atoms. The number of anilines is 1. The number of sulfonamides is 1. The normalized spacial score (nSPS) is 12.4. The number of amides is 1. The van der Waals surface area contributed by atoms with Gasteiger partial charge in [-0.25, -0.2) is 13.1 Å². The molecule has 4 rings (SSSR count). The van der Waals surface area contributed by atoms with Gasteiger partial charge in [0.05, 0.1) is 17.7 Å². The molecule has 0 aliphatic rings. The van der Waals surface area contributed by atoms with Crippen LogP contribution in [0.3, 0.4) is 0 Å². The van der Waals surface area contributed by atoms with Crippen molar-refractivity contribution >= 4 is 21.6 Å². The summed E-state index contributed by atoms with van der Waals surface area (Å²) in [5.41, 5.74) is 1.12. The number of nitrogens with one attached hydrogen (secondary N) is 2. The molecule has 2 aromatic heterocycles. The Kier molecular flexibility index (Phi) is 5.96. The van der Waals surface area contributed by atoms with Crippen LogP contribution in [-0.4, -0.2) is 24.1 Å². The first-order valence-corrected chi connectivity index (χ1v) is 11.0. The fourth-order valence-electron chi connectivity index (χ4n) is 3.11. The SMILES string of the molecule is O=C(Nc1cccc(S(=O)(=O)NCc2ccco2)c1)C(c1ccccc1)n1cccn1. The van der Waals surface area contributed by atoms with Crippen molar-refractivity contribution in [1.82, 2.24) is 14.5 Å². The number of hydrogen-bond donors (Lipinski definition) is 2. The highest BCUT2D eigenvalue weighted by Crippen LogP contribution is 2.22. The second kappa shape index (κ2) is 8.99. The molecule has 8 nitrogen and oxygen atoms in total. The van der Waals surface area contributed by atoms with E-state index in [1.54, 1.807) is 47.4 Å². The number of hydrogen-bond acceptors (Lipinski definition) is 5. The van der Waals surface area contributed by atoms with E-state index in [9.17, 15) is 13.2 Å². The Balaban J connectivity index is 1.54. The van der Waals surface area contributed by atoms with Gasteiger partial charge in [0.2, 0.25) is 10.0 Å². The Bertz CT molecular complexity index is 1240. The van der Waals surface area contributed by atoms with E-state index in [0.717, 1.165) is 5.56 Å². The van der Waals surface area contributed by atoms with Crippen molar-refractivity contribution in [2.45, 2.75) is 17.5 Å². The predicted molar refractivity (Wildman–Crippen MR) is 115 cm³/mol. The van der Waals surface area contributed by atoms with Crippen LogP contribution in [0.4, 0.5) is 5.69 Å². The summed E-state index contributed by atoms with van der Waals surface area (Å²) in [4.78, 5) is 13.1. The third-order valence-corrected chi connectivity index (χ3v) is 5.98. The van der Waals surface area contributed by atoms with Crippen LogP contribution in [0.15, 0.2) is 101 Å². The van der Waals surface area contributed by atoms with E-state index in [1.165, 1.54) is 18.4 Å². The molecule has 9 heteroatoms. The third kappa shape index (κ3) is 4.90. The number of carbonyl (C=O) groups excluding carboxylic acids is 1. The molecule has 0 radical (unpaired) electrons. The fourth-order valence-corrected chi connectivity index (χ4v) is 4.15. The molecule has 0 saturated heterocycles. The molecule has 1 amide bonds. The summed E-state index contributed by atoms with van der Waals surface area (Å²) in [7, 11) is -3.79. The van der Waals surface area contributed by atoms with Gasteiger partial charge in [0.1, 0.15) is 5.76 Å². The maximum Gasteiger partial charge on any atom is 0.253 e. The number of benzene rings is 2. The molecule has 0 spiro atoms. The number of aromatic nitrogens is 2. The van der Waals surface area contributed by atoms with Crippen LogP contribution in [0.2, 0.25) is 0 Å². The molecule has 31 heavy (non-hydrogen) atoms. The number of carbonyl (C=O) groups is 1. The monoisotopic (exact) mass is 436 g/mol. The molecule has 0 saturated carbocycles. The van der Waals surface area contributed by atoms with Gasteiger partial charge < -0.3 is 9.73 Å². The van der Waals surface area contributed by atoms with Crippen LogP contribution >= 0.6 is 0 Å². The molecule has 0 aliphatic carbocycles. The van der Waals surface area contributed by atoms with Crippen LogP contribution in [0.1, 0.15) is 17.4 Å². The van der Waals surface area contributed by atoms with Gasteiger partial charge in [0.25, 0.3) is 5.91 Å². The minimum atomic E-state index is -3.79. The second-order valence-electron chi connectivity index (χ2n) is 6.72. The van der Waals surface area contributed by atoms with E-state index < -0.39 is 16.1 Å². The molecule has 2 heterocycles. The molecular weight excluding hydrogens is 416 g/mol. The van der Waals surface area contributed by atoms with E-state index >= 15 is 0 Å². The molecule has 4 aromatic rings. The maximum atomic E-state index is 13.1. The Morgan fingerprint density at radius 3 is 2.58 bits per heavy atom. The van der Waals surface area contributed by atoms with Gasteiger partial charge >= 0.3 is 0 Å². The first-order chi connectivity index (χ1) is 15.0. The van der Waals surface area contributed by atoms with E-state index in [4.69, 9.17) is 4.42 Å². The Morgan fingerprint density at radius 1 is 1.03 bits per heavy atom. The number of rotatable bonds is 8. The van der Waals surface area contributed by atoms with E-state index in [-0.39, 0.29) is 17.3 Å². The summed E-state index contributed by atoms with van der Waals surface area (Å²) >= 11 is 0. The zero-order valence-electron chi connectivity index (χ0n) is 16.4. The van der Waals surface area contributed by atoms with Gasteiger partial charge in [0, 0.05) is 18.1 Å². The minimum Gasteiger partial charge on any atom is -0.468 e. The van der Waals surface area contributed by atoms with Gasteiger partial charge in [-0.2, -0.15) is 5.10 Å². The summed E-state index contributed by atoms with van der Waals surface area (Å²) < 4.78 is 34.4. The lowest BCUT2D eigenvalue weighted by Crippen LogP contribution is -2.27. The molecular formula is C22H20N4O4S. The lowest BCUT2D eigenvalue weighted by Gasteiger charge is -2.18. The number of furan rings is 1. The summed E-state index contributed by atoms with van der Waals surface area (Å²) in [5, 5.41) is 7.00. The van der Waals surface area contributed by atoms with E-state index in [2.05, 4.69) is 15.1 Å². The molecule has 158 valence electrons. The highest BCUT2D eigenvalue weighted by Gasteiger charge is 2.23. The fraction of sp³-hybridized carbons (Fsp3) is 0.0909. The molecule has 1 atom stereocenters. The van der Waals surface area contributed by atoms with Crippen molar-refractivity contribution in [3.8, 4) is 0 Å². The predicted octanol–water partition coefficient (Wildman–Crippen LogP) is 3.18. The van der Waals surface area contributed by atoms with E-state index in [1.807, 2.05) is 30.3 Å². The highest BCUT2D eigenvalue weighted by atomic mass is 32.2. The first kappa shape index (κ1) is 20.6. The lowest BCUT2D eigenvalue weighted by molar-refractivity contribution is -0.118. The maximum absolute atomic E-state index is 13.1. The van der Waals surface area contributed by atoms with Crippen molar-refractivity contribution < 1.29 is 17.6 Å². The van der Waals surface area contributed by atoms with Crippen LogP contribution in [0, 0.1) is 0 Å². The van der Waals surface area contributed by atoms with Gasteiger partial charge in [-0.3, -0.25) is 9.48 Å². The Morgan fingerprint density at radius 2 is 1.87 bits per heavy atom. The van der Waals surface area contributed by atoms with Crippen molar-refractivity contribution in [2.75, 3.05) is 5.32 Å². The quantitative estimate of drug-likeness (QED) is 0.441. The van der Waals surface area contributed by atoms with Gasteiger partial charge in [-0.05, 0) is 42.0 Å². The van der Waals surface area contributed by atoms with Crippen molar-refractivity contribution in [2.24, 2.45) is 0 Å². The molecule has 2 N–H and O–H groups in total. The Labute approximate surface area is 179 Å². The second-order valence-corrected chi connectivity index (χ2v) is 8.49. The largest absolute Gasteiger partial charge is 0.468 e. The van der Waals surface area contributed by atoms with E-state index in [0.29, 0.717) is 11.4 Å². The van der Waals surface area contributed by atoms with Crippen molar-refractivity contribution in [1.29, 1.82) is 0 Å². The Hall–Kier alpha value is -3.69. The zero-order chi connectivity index (χ0) is 21.7. The molecule has 2 aromatic carbocycles. The van der Waals surface area contributed by atoms with Gasteiger partial charge in [0.15, 0.2) is 6.04 Å². The third-order valence-electron chi connectivity index (χ3n) is 4.58. The zero-order valence-corrected chi connectivity index (χ0v) is 17.2. The van der Waals surface area contributed by atoms with Crippen LogP contribution in [0.5, 0.6) is 0 Å². The average molecular weight is 436 g/mol. The molecule has 1 unspecified atom stereocenters. The van der Waals surface area contributed by atoms with Gasteiger partial charge in [-0.15, -0.1) is 0 Å². The van der Waals surface area contributed by atoms with Crippen molar-refractivity contribution in [3.63, 3.8) is 0 Å². The van der Waals surface area contributed by atoms with Crippen LogP contribution in [0.25, 0.3) is 0 Å². The topological polar surface area (TPSA) is 106 Å². The van der Waals surface area contributed by atoms with Crippen LogP contribution in [-0.2, 0) is 21.4 Å². The first-order valence-electron chi connectivity index (χ1n) is 9.50. The number of nitrogens with zero attached hydrogens (tertiary/aromatic N) is 2. The summed E-state index contributed by atoms with van der Waals surface area (Å²) in [6.07, 6.45) is 4.78. The van der Waals surface area contributed by atoms with Gasteiger partial charge in [-0.1, -0.05) is 36.4 Å². The molecule has 0 fully saturated rings.